The van der Waals surface area contributed by atoms with Crippen LogP contribution >= 0.6 is 0 Å². The lowest BCUT2D eigenvalue weighted by molar-refractivity contribution is -0.206. The monoisotopic (exact) mass is 339 g/mol. The van der Waals surface area contributed by atoms with Crippen molar-refractivity contribution in [2.75, 3.05) is 25.0 Å². The predicted molar refractivity (Wildman–Crippen MR) is 82.0 cm³/mol. The molecule has 3 rings (SSSR count). The summed E-state index contributed by atoms with van der Waals surface area (Å²) in [7, 11) is 0. The molecule has 0 saturated carbocycles. The molecule has 1 N–H and O–H groups in total. The molecule has 1 aromatic rings. The number of nitrogens with one attached hydrogen (secondary N) is 1. The highest BCUT2D eigenvalue weighted by Crippen LogP contribution is 2.36. The molecule has 8 heteroatoms. The highest BCUT2D eigenvalue weighted by molar-refractivity contribution is 5.89. The molecule has 1 spiro atoms. The van der Waals surface area contributed by atoms with E-state index in [1.807, 2.05) is 6.92 Å². The van der Waals surface area contributed by atoms with Crippen molar-refractivity contribution in [1.82, 2.24) is 9.96 Å². The first kappa shape index (κ1) is 16.6. The van der Waals surface area contributed by atoms with E-state index in [1.54, 1.807) is 4.90 Å². The Labute approximate surface area is 138 Å². The van der Waals surface area contributed by atoms with E-state index in [0.717, 1.165) is 18.2 Å². The minimum absolute atomic E-state index is 0.0364. The van der Waals surface area contributed by atoms with Crippen molar-refractivity contribution < 1.29 is 23.2 Å². The largest absolute Gasteiger partial charge is 0.324 e. The second-order valence-electron chi connectivity index (χ2n) is 6.11. The SMILES string of the molecule is CCN1OC2(CCN(C(=O)Nc3cc(F)cc(F)c3)CC2)CC1=O. The van der Waals surface area contributed by atoms with Crippen LogP contribution in [0.3, 0.4) is 0 Å². The molecule has 0 aliphatic carbocycles. The van der Waals surface area contributed by atoms with Gasteiger partial charge in [0.15, 0.2) is 0 Å². The number of nitrogens with zero attached hydrogens (tertiary/aromatic N) is 2. The fourth-order valence-corrected chi connectivity index (χ4v) is 3.14. The van der Waals surface area contributed by atoms with Crippen LogP contribution in [0.5, 0.6) is 0 Å². The Balaban J connectivity index is 1.58. The summed E-state index contributed by atoms with van der Waals surface area (Å²) in [5.41, 5.74) is -0.461. The van der Waals surface area contributed by atoms with E-state index in [2.05, 4.69) is 5.32 Å². The van der Waals surface area contributed by atoms with Gasteiger partial charge in [-0.25, -0.2) is 18.6 Å². The van der Waals surface area contributed by atoms with Crippen LogP contribution in [0, 0.1) is 11.6 Å². The maximum atomic E-state index is 13.2. The molecule has 24 heavy (non-hydrogen) atoms. The van der Waals surface area contributed by atoms with Crippen LogP contribution in [-0.2, 0) is 9.63 Å². The first-order chi connectivity index (χ1) is 11.4. The number of halogens is 2. The average Bonchev–Trinajstić information content (AvgIpc) is 2.82. The van der Waals surface area contributed by atoms with E-state index < -0.39 is 23.3 Å². The molecule has 0 aromatic heterocycles. The summed E-state index contributed by atoms with van der Waals surface area (Å²) in [6.45, 7) is 3.16. The van der Waals surface area contributed by atoms with Crippen LogP contribution in [0.4, 0.5) is 19.3 Å². The number of carbonyl (C=O) groups excluding carboxylic acids is 2. The molecular weight excluding hydrogens is 320 g/mol. The van der Waals surface area contributed by atoms with E-state index in [1.165, 1.54) is 5.06 Å². The van der Waals surface area contributed by atoms with Crippen molar-refractivity contribution >= 4 is 17.6 Å². The van der Waals surface area contributed by atoms with E-state index in [4.69, 9.17) is 4.84 Å². The summed E-state index contributed by atoms with van der Waals surface area (Å²) in [5, 5.41) is 3.86. The van der Waals surface area contributed by atoms with Gasteiger partial charge in [-0.05, 0) is 31.9 Å². The summed E-state index contributed by atoms with van der Waals surface area (Å²) in [4.78, 5) is 31.4. The smallest absolute Gasteiger partial charge is 0.321 e. The van der Waals surface area contributed by atoms with E-state index in [-0.39, 0.29) is 11.6 Å². The lowest BCUT2D eigenvalue weighted by Crippen LogP contribution is -2.48. The fourth-order valence-electron chi connectivity index (χ4n) is 3.14. The van der Waals surface area contributed by atoms with Crippen LogP contribution in [0.2, 0.25) is 0 Å². The van der Waals surface area contributed by atoms with E-state index in [0.29, 0.717) is 38.9 Å². The van der Waals surface area contributed by atoms with Gasteiger partial charge < -0.3 is 10.2 Å². The maximum absolute atomic E-state index is 13.2. The Morgan fingerprint density at radius 3 is 2.42 bits per heavy atom. The Morgan fingerprint density at radius 2 is 1.88 bits per heavy atom. The Bertz CT molecular complexity index is 640. The fraction of sp³-hybridized carbons (Fsp3) is 0.500. The third-order valence-electron chi connectivity index (χ3n) is 4.42. The highest BCUT2D eigenvalue weighted by Gasteiger charge is 2.46. The summed E-state index contributed by atoms with van der Waals surface area (Å²) in [6, 6.07) is 2.44. The second kappa shape index (κ2) is 6.35. The summed E-state index contributed by atoms with van der Waals surface area (Å²) < 4.78 is 26.3. The molecule has 2 aliphatic heterocycles. The molecular formula is C16H19F2N3O3. The van der Waals surface area contributed by atoms with Crippen molar-refractivity contribution in [1.29, 1.82) is 0 Å². The lowest BCUT2D eigenvalue weighted by atomic mass is 9.89. The topological polar surface area (TPSA) is 61.9 Å². The van der Waals surface area contributed by atoms with Gasteiger partial charge in [0.05, 0.1) is 6.42 Å². The van der Waals surface area contributed by atoms with Gasteiger partial charge in [-0.2, -0.15) is 0 Å². The zero-order valence-corrected chi connectivity index (χ0v) is 13.3. The van der Waals surface area contributed by atoms with Gasteiger partial charge in [0.2, 0.25) is 5.91 Å². The minimum atomic E-state index is -0.750. The number of benzene rings is 1. The maximum Gasteiger partial charge on any atom is 0.321 e. The number of piperidine rings is 1. The molecule has 2 heterocycles. The predicted octanol–water partition coefficient (Wildman–Crippen LogP) is 2.52. The minimum Gasteiger partial charge on any atom is -0.324 e. The number of carbonyl (C=O) groups is 2. The Hall–Kier alpha value is -2.22. The Morgan fingerprint density at radius 1 is 1.25 bits per heavy atom. The summed E-state index contributed by atoms with van der Waals surface area (Å²) in [5.74, 6) is -1.54. The third-order valence-corrected chi connectivity index (χ3v) is 4.42. The molecule has 0 atom stereocenters. The van der Waals surface area contributed by atoms with Crippen LogP contribution < -0.4 is 5.32 Å². The van der Waals surface area contributed by atoms with Gasteiger partial charge in [-0.15, -0.1) is 0 Å². The molecule has 0 unspecified atom stereocenters. The van der Waals surface area contributed by atoms with Crippen LogP contribution in [0.15, 0.2) is 18.2 Å². The van der Waals surface area contributed by atoms with Crippen LogP contribution in [-0.4, -0.2) is 47.1 Å². The second-order valence-corrected chi connectivity index (χ2v) is 6.11. The van der Waals surface area contributed by atoms with Crippen molar-refractivity contribution in [2.24, 2.45) is 0 Å². The quantitative estimate of drug-likeness (QED) is 0.901. The van der Waals surface area contributed by atoms with Gasteiger partial charge in [-0.1, -0.05) is 0 Å². The molecule has 0 bridgehead atoms. The number of amides is 3. The van der Waals surface area contributed by atoms with Crippen molar-refractivity contribution in [3.8, 4) is 0 Å². The number of anilines is 1. The van der Waals surface area contributed by atoms with Gasteiger partial charge in [0.25, 0.3) is 0 Å². The molecule has 0 radical (unpaired) electrons. The average molecular weight is 339 g/mol. The number of rotatable bonds is 2. The lowest BCUT2D eigenvalue weighted by Gasteiger charge is -2.37. The van der Waals surface area contributed by atoms with Crippen molar-refractivity contribution in [2.45, 2.75) is 31.8 Å². The number of urea groups is 1. The zero-order chi connectivity index (χ0) is 17.3. The first-order valence-electron chi connectivity index (χ1n) is 7.92. The number of hydrogen-bond donors (Lipinski definition) is 1. The van der Waals surface area contributed by atoms with Crippen LogP contribution in [0.25, 0.3) is 0 Å². The molecule has 2 saturated heterocycles. The number of hydroxylamine groups is 2. The first-order valence-corrected chi connectivity index (χ1v) is 7.92. The Kier molecular flexibility index (Phi) is 4.40. The highest BCUT2D eigenvalue weighted by atomic mass is 19.1. The molecule has 130 valence electrons. The van der Waals surface area contributed by atoms with Gasteiger partial charge in [0.1, 0.15) is 17.2 Å². The molecule has 6 nitrogen and oxygen atoms in total. The van der Waals surface area contributed by atoms with Crippen molar-refractivity contribution in [3.05, 3.63) is 29.8 Å². The standard InChI is InChI=1S/C16H19F2N3O3/c1-2-21-14(22)10-16(24-21)3-5-20(6-4-16)15(23)19-13-8-11(17)7-12(18)9-13/h7-9H,2-6,10H2,1H3,(H,19,23). The van der Waals surface area contributed by atoms with Gasteiger partial charge >= 0.3 is 6.03 Å². The number of hydrogen-bond acceptors (Lipinski definition) is 3. The summed E-state index contributed by atoms with van der Waals surface area (Å²) >= 11 is 0. The van der Waals surface area contributed by atoms with Gasteiger partial charge in [-0.3, -0.25) is 9.63 Å². The normalized spacial score (nSPS) is 19.9. The van der Waals surface area contributed by atoms with Crippen molar-refractivity contribution in [3.63, 3.8) is 0 Å². The zero-order valence-electron chi connectivity index (χ0n) is 13.3. The molecule has 2 fully saturated rings. The van der Waals surface area contributed by atoms with Crippen LogP contribution in [0.1, 0.15) is 26.2 Å². The molecule has 1 aromatic carbocycles. The van der Waals surface area contributed by atoms with E-state index >= 15 is 0 Å². The molecule has 2 aliphatic rings. The van der Waals surface area contributed by atoms with E-state index in [9.17, 15) is 18.4 Å². The molecule has 3 amide bonds. The number of likely N-dealkylation sites (tertiary alicyclic amines) is 1. The van der Waals surface area contributed by atoms with Gasteiger partial charge in [0, 0.05) is 31.4 Å². The third kappa shape index (κ3) is 3.33. The summed E-state index contributed by atoms with van der Waals surface area (Å²) in [6.07, 6.45) is 1.41.